The Morgan fingerprint density at radius 1 is 1.31 bits per heavy atom. The van der Waals surface area contributed by atoms with Crippen molar-refractivity contribution in [2.75, 3.05) is 0 Å². The molecule has 2 aliphatic carbocycles. The third-order valence-corrected chi connectivity index (χ3v) is 4.40. The summed E-state index contributed by atoms with van der Waals surface area (Å²) in [7, 11) is 0. The Labute approximate surface area is 98.4 Å². The highest BCUT2D eigenvalue weighted by Crippen LogP contribution is 2.50. The standard InChI is InChI=1S/C16H20/c1-12(2)14-4-3-5-15(10-14)16-8-6-13(11-16)7-9-16/h3-6,8,10,12-13H,7,9,11H2,1-2H3. The fourth-order valence-corrected chi connectivity index (χ4v) is 3.32. The van der Waals surface area contributed by atoms with Crippen molar-refractivity contribution in [2.45, 2.75) is 44.4 Å². The second-order valence-electron chi connectivity index (χ2n) is 5.80. The predicted octanol–water partition coefficient (Wildman–Crippen LogP) is 4.42. The van der Waals surface area contributed by atoms with Gasteiger partial charge in [0.15, 0.2) is 0 Å². The molecule has 0 aromatic heterocycles. The molecule has 2 aliphatic rings. The van der Waals surface area contributed by atoms with Crippen molar-refractivity contribution in [3.63, 3.8) is 0 Å². The molecular formula is C16H20. The third-order valence-electron chi connectivity index (χ3n) is 4.40. The van der Waals surface area contributed by atoms with Crippen LogP contribution in [0.25, 0.3) is 0 Å². The van der Waals surface area contributed by atoms with E-state index in [9.17, 15) is 0 Å². The quantitative estimate of drug-likeness (QED) is 0.637. The largest absolute Gasteiger partial charge is 0.0845 e. The Hall–Kier alpha value is -1.04. The van der Waals surface area contributed by atoms with Gasteiger partial charge in [-0.15, -0.1) is 0 Å². The summed E-state index contributed by atoms with van der Waals surface area (Å²) in [6, 6.07) is 9.25. The minimum atomic E-state index is 0.398. The zero-order valence-corrected chi connectivity index (χ0v) is 10.2. The van der Waals surface area contributed by atoms with Crippen LogP contribution in [-0.4, -0.2) is 0 Å². The molecule has 3 rings (SSSR count). The first-order chi connectivity index (χ1) is 7.70. The maximum atomic E-state index is 2.47. The van der Waals surface area contributed by atoms with Crippen molar-refractivity contribution in [1.82, 2.24) is 0 Å². The van der Waals surface area contributed by atoms with Crippen LogP contribution in [0.15, 0.2) is 36.4 Å². The van der Waals surface area contributed by atoms with Crippen LogP contribution in [0.5, 0.6) is 0 Å². The van der Waals surface area contributed by atoms with Gasteiger partial charge in [-0.1, -0.05) is 50.3 Å². The second-order valence-corrected chi connectivity index (χ2v) is 5.80. The molecule has 0 amide bonds. The summed E-state index contributed by atoms with van der Waals surface area (Å²) in [6.07, 6.45) is 9.01. The SMILES string of the molecule is CC(C)c1cccc(C23C=CC(CC2)C3)c1. The average Bonchev–Trinajstić information content (AvgIpc) is 2.90. The molecule has 0 saturated heterocycles. The molecule has 2 bridgehead atoms. The monoisotopic (exact) mass is 212 g/mol. The fraction of sp³-hybridized carbons (Fsp3) is 0.500. The molecule has 0 nitrogen and oxygen atoms in total. The van der Waals surface area contributed by atoms with Gasteiger partial charge in [-0.25, -0.2) is 0 Å². The normalized spacial score (nSPS) is 31.6. The number of rotatable bonds is 2. The van der Waals surface area contributed by atoms with Gasteiger partial charge in [0.05, 0.1) is 0 Å². The number of fused-ring (bicyclic) bond motifs is 2. The Bertz CT molecular complexity index is 427. The summed E-state index contributed by atoms with van der Waals surface area (Å²) >= 11 is 0. The summed E-state index contributed by atoms with van der Waals surface area (Å²) < 4.78 is 0. The summed E-state index contributed by atoms with van der Waals surface area (Å²) in [5, 5.41) is 0. The zero-order valence-electron chi connectivity index (χ0n) is 10.2. The van der Waals surface area contributed by atoms with Gasteiger partial charge in [-0.3, -0.25) is 0 Å². The number of benzene rings is 1. The Morgan fingerprint density at radius 3 is 2.75 bits per heavy atom. The van der Waals surface area contributed by atoms with Gasteiger partial charge in [0.2, 0.25) is 0 Å². The maximum Gasteiger partial charge on any atom is 0.0138 e. The van der Waals surface area contributed by atoms with E-state index in [4.69, 9.17) is 0 Å². The summed E-state index contributed by atoms with van der Waals surface area (Å²) in [6.45, 7) is 4.55. The number of allylic oxidation sites excluding steroid dienone is 2. The van der Waals surface area contributed by atoms with Gasteiger partial charge >= 0.3 is 0 Å². The molecule has 0 aliphatic heterocycles. The van der Waals surface area contributed by atoms with E-state index in [0.717, 1.165) is 5.92 Å². The lowest BCUT2D eigenvalue weighted by molar-refractivity contribution is 0.565. The fourth-order valence-electron chi connectivity index (χ4n) is 3.32. The molecule has 0 spiro atoms. The van der Waals surface area contributed by atoms with Crippen LogP contribution < -0.4 is 0 Å². The molecule has 0 heterocycles. The van der Waals surface area contributed by atoms with Crippen molar-refractivity contribution >= 4 is 0 Å². The van der Waals surface area contributed by atoms with Crippen molar-refractivity contribution < 1.29 is 0 Å². The Morgan fingerprint density at radius 2 is 2.19 bits per heavy atom. The minimum Gasteiger partial charge on any atom is -0.0845 e. The topological polar surface area (TPSA) is 0 Å². The molecule has 2 atom stereocenters. The van der Waals surface area contributed by atoms with Crippen LogP contribution in [0.3, 0.4) is 0 Å². The van der Waals surface area contributed by atoms with Crippen LogP contribution in [0, 0.1) is 5.92 Å². The van der Waals surface area contributed by atoms with E-state index in [0.29, 0.717) is 11.3 Å². The van der Waals surface area contributed by atoms with Gasteiger partial charge in [-0.2, -0.15) is 0 Å². The maximum absolute atomic E-state index is 2.47. The smallest absolute Gasteiger partial charge is 0.0138 e. The van der Waals surface area contributed by atoms with Crippen LogP contribution in [0.4, 0.5) is 0 Å². The van der Waals surface area contributed by atoms with E-state index in [-0.39, 0.29) is 0 Å². The highest BCUT2D eigenvalue weighted by molar-refractivity contribution is 5.39. The Kier molecular flexibility index (Phi) is 2.20. The molecule has 0 radical (unpaired) electrons. The van der Waals surface area contributed by atoms with E-state index >= 15 is 0 Å². The molecule has 1 fully saturated rings. The molecular weight excluding hydrogens is 192 g/mol. The molecule has 1 aromatic carbocycles. The number of hydrogen-bond acceptors (Lipinski definition) is 0. The third kappa shape index (κ3) is 1.43. The van der Waals surface area contributed by atoms with Crippen LogP contribution in [-0.2, 0) is 5.41 Å². The lowest BCUT2D eigenvalue weighted by atomic mass is 9.79. The van der Waals surface area contributed by atoms with E-state index in [1.165, 1.54) is 24.8 Å². The molecule has 16 heavy (non-hydrogen) atoms. The first-order valence-electron chi connectivity index (χ1n) is 6.49. The minimum absolute atomic E-state index is 0.398. The predicted molar refractivity (Wildman–Crippen MR) is 68.7 cm³/mol. The van der Waals surface area contributed by atoms with Gasteiger partial charge in [0.25, 0.3) is 0 Å². The molecule has 1 saturated carbocycles. The lowest BCUT2D eigenvalue weighted by Crippen LogP contribution is -2.17. The first-order valence-corrected chi connectivity index (χ1v) is 6.49. The summed E-state index contributed by atoms with van der Waals surface area (Å²) in [4.78, 5) is 0. The van der Waals surface area contributed by atoms with Crippen molar-refractivity contribution in [3.05, 3.63) is 47.5 Å². The van der Waals surface area contributed by atoms with Crippen LogP contribution in [0.2, 0.25) is 0 Å². The zero-order chi connectivity index (χ0) is 11.2. The molecule has 0 heteroatoms. The van der Waals surface area contributed by atoms with Gasteiger partial charge < -0.3 is 0 Å². The van der Waals surface area contributed by atoms with Crippen molar-refractivity contribution in [1.29, 1.82) is 0 Å². The lowest BCUT2D eigenvalue weighted by Gasteiger charge is -2.25. The summed E-state index contributed by atoms with van der Waals surface area (Å²) in [5.41, 5.74) is 3.43. The highest BCUT2D eigenvalue weighted by atomic mass is 14.5. The molecule has 0 N–H and O–H groups in total. The van der Waals surface area contributed by atoms with Crippen LogP contribution in [0.1, 0.15) is 50.2 Å². The second kappa shape index (κ2) is 3.48. The molecule has 2 unspecified atom stereocenters. The highest BCUT2D eigenvalue weighted by Gasteiger charge is 2.41. The van der Waals surface area contributed by atoms with Gasteiger partial charge in [0, 0.05) is 5.41 Å². The number of hydrogen-bond donors (Lipinski definition) is 0. The van der Waals surface area contributed by atoms with Crippen LogP contribution >= 0.6 is 0 Å². The first kappa shape index (κ1) is 10.1. The Balaban J connectivity index is 2.01. The van der Waals surface area contributed by atoms with E-state index in [1.54, 1.807) is 5.56 Å². The molecule has 84 valence electrons. The van der Waals surface area contributed by atoms with Crippen molar-refractivity contribution in [2.24, 2.45) is 5.92 Å². The summed E-state index contributed by atoms with van der Waals surface area (Å²) in [5.74, 6) is 1.50. The average molecular weight is 212 g/mol. The molecule has 1 aromatic rings. The van der Waals surface area contributed by atoms with E-state index in [1.807, 2.05) is 0 Å². The van der Waals surface area contributed by atoms with Crippen molar-refractivity contribution in [3.8, 4) is 0 Å². The van der Waals surface area contributed by atoms with E-state index in [2.05, 4.69) is 50.3 Å². The van der Waals surface area contributed by atoms with Gasteiger partial charge in [0.1, 0.15) is 0 Å². The van der Waals surface area contributed by atoms with E-state index < -0.39 is 0 Å². The van der Waals surface area contributed by atoms with Gasteiger partial charge in [-0.05, 0) is 42.2 Å².